The molecule has 4 saturated carbocycles. The van der Waals surface area contributed by atoms with Crippen molar-refractivity contribution in [3.63, 3.8) is 0 Å². The third-order valence-electron chi connectivity index (χ3n) is 13.8. The van der Waals surface area contributed by atoms with Crippen LogP contribution in [0.3, 0.4) is 0 Å². The maximum Gasteiger partial charge on any atom is 0.132 e. The summed E-state index contributed by atoms with van der Waals surface area (Å²) in [5, 5.41) is 0. The number of carbonyl (C=O) groups excluding carboxylic acids is 1. The number of carbonyl (C=O) groups is 1. The van der Waals surface area contributed by atoms with Gasteiger partial charge in [0, 0.05) is 12.8 Å². The molecule has 0 amide bonds. The van der Waals surface area contributed by atoms with Crippen molar-refractivity contribution < 1.29 is 4.79 Å². The summed E-state index contributed by atoms with van der Waals surface area (Å²) in [6.07, 6.45) is 36.1. The molecule has 0 heterocycles. The highest BCUT2D eigenvalue weighted by atomic mass is 16.1. The van der Waals surface area contributed by atoms with Gasteiger partial charge >= 0.3 is 0 Å². The Labute approximate surface area is 263 Å². The molecule has 0 aliphatic heterocycles. The van der Waals surface area contributed by atoms with Crippen molar-refractivity contribution in [3.05, 3.63) is 0 Å². The minimum atomic E-state index is 0.569. The lowest BCUT2D eigenvalue weighted by atomic mass is 9.64. The molecule has 4 rings (SSSR count). The molecule has 0 bridgehead atoms. The Morgan fingerprint density at radius 1 is 0.476 bits per heavy atom. The monoisotopic (exact) mass is 583 g/mol. The van der Waals surface area contributed by atoms with Crippen molar-refractivity contribution >= 4 is 5.78 Å². The maximum atomic E-state index is 12.7. The van der Waals surface area contributed by atoms with E-state index < -0.39 is 0 Å². The zero-order valence-electron chi connectivity index (χ0n) is 29.1. The van der Waals surface area contributed by atoms with Crippen LogP contribution >= 0.6 is 0 Å². The lowest BCUT2D eigenvalue weighted by Gasteiger charge is -2.42. The van der Waals surface area contributed by atoms with E-state index in [0.29, 0.717) is 5.78 Å². The molecule has 4 aliphatic rings. The third kappa shape index (κ3) is 10.9. The summed E-state index contributed by atoms with van der Waals surface area (Å²) in [6.45, 7) is 9.84. The smallest absolute Gasteiger partial charge is 0.132 e. The lowest BCUT2D eigenvalue weighted by molar-refractivity contribution is -0.119. The van der Waals surface area contributed by atoms with Gasteiger partial charge in [-0.25, -0.2) is 0 Å². The van der Waals surface area contributed by atoms with E-state index in [1.165, 1.54) is 141 Å². The third-order valence-corrected chi connectivity index (χ3v) is 13.8. The minimum Gasteiger partial charge on any atom is -0.300 e. The highest BCUT2D eigenvalue weighted by Crippen LogP contribution is 2.47. The Morgan fingerprint density at radius 2 is 0.833 bits per heavy atom. The van der Waals surface area contributed by atoms with Gasteiger partial charge in [-0.15, -0.1) is 0 Å². The van der Waals surface area contributed by atoms with Crippen molar-refractivity contribution in [2.75, 3.05) is 0 Å². The van der Waals surface area contributed by atoms with E-state index in [1.807, 2.05) is 0 Å². The first kappa shape index (κ1) is 34.5. The predicted octanol–water partition coefficient (Wildman–Crippen LogP) is 13.0. The van der Waals surface area contributed by atoms with Gasteiger partial charge < -0.3 is 0 Å². The number of ketones is 1. The molecule has 0 aromatic rings. The topological polar surface area (TPSA) is 17.1 Å². The second-order valence-electron chi connectivity index (χ2n) is 16.8. The summed E-state index contributed by atoms with van der Waals surface area (Å²) >= 11 is 0. The first-order valence-electron chi connectivity index (χ1n) is 20.0. The summed E-state index contributed by atoms with van der Waals surface area (Å²) in [4.78, 5) is 12.7. The van der Waals surface area contributed by atoms with Crippen molar-refractivity contribution in [1.29, 1.82) is 0 Å². The molecular weight excluding hydrogens is 508 g/mol. The Balaban J connectivity index is 1.01. The normalized spacial score (nSPS) is 37.9. The average Bonchev–Trinajstić information content (AvgIpc) is 3.00. The molecule has 0 saturated heterocycles. The molecule has 0 aromatic carbocycles. The largest absolute Gasteiger partial charge is 0.300 e. The van der Waals surface area contributed by atoms with E-state index in [2.05, 4.69) is 27.7 Å². The Kier molecular flexibility index (Phi) is 15.3. The first-order valence-corrected chi connectivity index (χ1v) is 20.0. The lowest BCUT2D eigenvalue weighted by Crippen LogP contribution is -2.31. The van der Waals surface area contributed by atoms with E-state index in [1.54, 1.807) is 0 Å². The van der Waals surface area contributed by atoms with Gasteiger partial charge in [0.15, 0.2) is 0 Å². The van der Waals surface area contributed by atoms with Gasteiger partial charge in [-0.1, -0.05) is 118 Å². The van der Waals surface area contributed by atoms with Crippen LogP contribution in [0.25, 0.3) is 0 Å². The van der Waals surface area contributed by atoms with Crippen LogP contribution in [0.2, 0.25) is 0 Å². The zero-order chi connectivity index (χ0) is 29.7. The minimum absolute atomic E-state index is 0.569. The van der Waals surface area contributed by atoms with Crippen LogP contribution in [0.4, 0.5) is 0 Å². The summed E-state index contributed by atoms with van der Waals surface area (Å²) in [6, 6.07) is 0. The van der Waals surface area contributed by atoms with Gasteiger partial charge in [-0.2, -0.15) is 0 Å². The molecule has 4 fully saturated rings. The fourth-order valence-corrected chi connectivity index (χ4v) is 11.1. The second-order valence-corrected chi connectivity index (χ2v) is 16.8. The van der Waals surface area contributed by atoms with Crippen LogP contribution in [0.5, 0.6) is 0 Å². The second kappa shape index (κ2) is 18.6. The number of hydrogen-bond acceptors (Lipinski definition) is 1. The van der Waals surface area contributed by atoms with Crippen LogP contribution in [0.15, 0.2) is 0 Å². The fraction of sp³-hybridized carbons (Fsp3) is 0.976. The van der Waals surface area contributed by atoms with Gasteiger partial charge in [0.1, 0.15) is 5.78 Å². The van der Waals surface area contributed by atoms with Crippen molar-refractivity contribution in [3.8, 4) is 0 Å². The number of rotatable bonds is 16. The number of hydrogen-bond donors (Lipinski definition) is 0. The van der Waals surface area contributed by atoms with Crippen LogP contribution in [0, 0.1) is 59.2 Å². The highest BCUT2D eigenvalue weighted by molar-refractivity contribution is 5.78. The van der Waals surface area contributed by atoms with Crippen molar-refractivity contribution in [2.24, 2.45) is 59.2 Å². The first-order chi connectivity index (χ1) is 20.5. The van der Waals surface area contributed by atoms with Gasteiger partial charge in [0.2, 0.25) is 0 Å². The highest BCUT2D eigenvalue weighted by Gasteiger charge is 2.36. The molecule has 6 atom stereocenters. The van der Waals surface area contributed by atoms with Crippen LogP contribution in [-0.2, 0) is 4.79 Å². The quantitative estimate of drug-likeness (QED) is 0.177. The molecule has 42 heavy (non-hydrogen) atoms. The standard InChI is InChI=1S/C41H74O/c1-5-7-11-35-21-27-40(31(3)29-35)37-23-17-33(18-24-37)13-9-15-39(42)16-10-14-34-19-25-38(26-20-34)41-28-22-36(12-8-6-2)30-32(41)4/h31-38,40-41H,5-30H2,1-4H3. The molecule has 6 unspecified atom stereocenters. The zero-order valence-corrected chi connectivity index (χ0v) is 29.1. The molecule has 0 aromatic heterocycles. The van der Waals surface area contributed by atoms with E-state index in [9.17, 15) is 4.79 Å². The molecule has 0 radical (unpaired) electrons. The summed E-state index contributed by atoms with van der Waals surface area (Å²) < 4.78 is 0. The molecule has 4 aliphatic carbocycles. The summed E-state index contributed by atoms with van der Waals surface area (Å²) in [5.41, 5.74) is 0. The van der Waals surface area contributed by atoms with Gasteiger partial charge in [0.25, 0.3) is 0 Å². The predicted molar refractivity (Wildman–Crippen MR) is 183 cm³/mol. The van der Waals surface area contributed by atoms with Crippen LogP contribution in [-0.4, -0.2) is 5.78 Å². The van der Waals surface area contributed by atoms with Gasteiger partial charge in [0.05, 0.1) is 0 Å². The number of unbranched alkanes of at least 4 members (excludes halogenated alkanes) is 2. The van der Waals surface area contributed by atoms with E-state index in [-0.39, 0.29) is 0 Å². The molecule has 1 nitrogen and oxygen atoms in total. The summed E-state index contributed by atoms with van der Waals surface area (Å²) in [7, 11) is 0. The van der Waals surface area contributed by atoms with Crippen molar-refractivity contribution in [2.45, 2.75) is 195 Å². The molecule has 0 N–H and O–H groups in total. The summed E-state index contributed by atoms with van der Waals surface area (Å²) in [5.74, 6) is 10.4. The van der Waals surface area contributed by atoms with E-state index >= 15 is 0 Å². The maximum absolute atomic E-state index is 12.7. The molecule has 244 valence electrons. The SMILES string of the molecule is CCCCC1CCC(C2CCC(CCCC(=O)CCCC3CCC(C4CCC(CCCC)CC4C)CC3)CC2)C(C)C1. The van der Waals surface area contributed by atoms with E-state index in [0.717, 1.165) is 84.9 Å². The van der Waals surface area contributed by atoms with Crippen LogP contribution < -0.4 is 0 Å². The van der Waals surface area contributed by atoms with Crippen molar-refractivity contribution in [1.82, 2.24) is 0 Å². The molecule has 0 spiro atoms. The Hall–Kier alpha value is -0.330. The van der Waals surface area contributed by atoms with Crippen LogP contribution in [0.1, 0.15) is 195 Å². The molecular formula is C41H74O. The fourth-order valence-electron chi connectivity index (χ4n) is 11.1. The Morgan fingerprint density at radius 3 is 1.19 bits per heavy atom. The average molecular weight is 583 g/mol. The van der Waals surface area contributed by atoms with Gasteiger partial charge in [-0.3, -0.25) is 4.79 Å². The van der Waals surface area contributed by atoms with Gasteiger partial charge in [-0.05, 0) is 123 Å². The Bertz CT molecular complexity index is 665. The van der Waals surface area contributed by atoms with E-state index in [4.69, 9.17) is 0 Å². The molecule has 1 heteroatoms. The number of Topliss-reactive ketones (excluding diaryl/α,β-unsaturated/α-hetero) is 1.